The van der Waals surface area contributed by atoms with Gasteiger partial charge in [-0.25, -0.2) is 0 Å². The fourth-order valence-corrected chi connectivity index (χ4v) is 5.36. The van der Waals surface area contributed by atoms with Gasteiger partial charge in [0.15, 0.2) is 24.4 Å². The third kappa shape index (κ3) is 12.2. The number of hydrogen-bond acceptors (Lipinski definition) is 12. The van der Waals surface area contributed by atoms with Gasteiger partial charge in [0, 0.05) is 34.6 Å². The Balaban J connectivity index is 6.51. The summed E-state index contributed by atoms with van der Waals surface area (Å²) >= 11 is 2.89. The standard InChI is InChI=1S/C20H32O10S2/c1-8-31-20(32-9-2)19(30-15(7)25)18(29-14(6)24)17(28-13(5)23)16(27-12(4)22)10-26-11(3)21/h16-20H,8-10H2,1-7H3/t16-,17-,18-,19+/m1/s1. The summed E-state index contributed by atoms with van der Waals surface area (Å²) in [6, 6.07) is 0. The number of carbonyl (C=O) groups is 5. The molecule has 184 valence electrons. The highest BCUT2D eigenvalue weighted by Crippen LogP contribution is 2.33. The molecule has 0 spiro atoms. The van der Waals surface area contributed by atoms with E-state index in [1.807, 2.05) is 13.8 Å². The minimum atomic E-state index is -1.42. The molecule has 0 N–H and O–H groups in total. The molecule has 0 aromatic carbocycles. The first-order valence-electron chi connectivity index (χ1n) is 9.98. The van der Waals surface area contributed by atoms with E-state index in [0.717, 1.165) is 27.7 Å². The van der Waals surface area contributed by atoms with Gasteiger partial charge < -0.3 is 23.7 Å². The molecule has 0 radical (unpaired) electrons. The lowest BCUT2D eigenvalue weighted by Gasteiger charge is -2.37. The minimum absolute atomic E-state index is 0.400. The molecule has 0 saturated heterocycles. The average molecular weight is 497 g/mol. The molecule has 0 amide bonds. The van der Waals surface area contributed by atoms with Crippen molar-refractivity contribution in [3.8, 4) is 0 Å². The molecule has 0 heterocycles. The Hall–Kier alpha value is -1.95. The largest absolute Gasteiger partial charge is 0.462 e. The zero-order chi connectivity index (χ0) is 24.8. The van der Waals surface area contributed by atoms with Crippen LogP contribution in [0.15, 0.2) is 0 Å². The van der Waals surface area contributed by atoms with Crippen LogP contribution in [-0.2, 0) is 47.7 Å². The van der Waals surface area contributed by atoms with Crippen LogP contribution in [0.25, 0.3) is 0 Å². The van der Waals surface area contributed by atoms with E-state index in [4.69, 9.17) is 23.7 Å². The van der Waals surface area contributed by atoms with E-state index in [9.17, 15) is 24.0 Å². The fraction of sp³-hybridized carbons (Fsp3) is 0.750. The molecule has 10 nitrogen and oxygen atoms in total. The van der Waals surface area contributed by atoms with E-state index in [0.29, 0.717) is 11.5 Å². The minimum Gasteiger partial charge on any atom is -0.462 e. The van der Waals surface area contributed by atoms with Crippen molar-refractivity contribution in [3.05, 3.63) is 0 Å². The lowest BCUT2D eigenvalue weighted by atomic mass is 10.0. The van der Waals surface area contributed by atoms with Gasteiger partial charge in [0.25, 0.3) is 0 Å². The molecule has 0 saturated carbocycles. The van der Waals surface area contributed by atoms with Crippen LogP contribution >= 0.6 is 23.5 Å². The Bertz CT molecular complexity index is 648. The Labute approximate surface area is 196 Å². The van der Waals surface area contributed by atoms with Gasteiger partial charge in [-0.2, -0.15) is 0 Å². The molecule has 12 heteroatoms. The van der Waals surface area contributed by atoms with Crippen molar-refractivity contribution in [2.75, 3.05) is 18.1 Å². The summed E-state index contributed by atoms with van der Waals surface area (Å²) in [7, 11) is 0. The number of carbonyl (C=O) groups excluding carboxylic acids is 5. The van der Waals surface area contributed by atoms with Gasteiger partial charge in [-0.05, 0) is 11.5 Å². The smallest absolute Gasteiger partial charge is 0.303 e. The van der Waals surface area contributed by atoms with E-state index >= 15 is 0 Å². The number of hydrogen-bond donors (Lipinski definition) is 0. The van der Waals surface area contributed by atoms with Crippen LogP contribution in [0, 0.1) is 0 Å². The number of ether oxygens (including phenoxy) is 5. The van der Waals surface area contributed by atoms with Crippen LogP contribution in [0.4, 0.5) is 0 Å². The van der Waals surface area contributed by atoms with E-state index in [-0.39, 0.29) is 0 Å². The molecule has 0 bridgehead atoms. The summed E-state index contributed by atoms with van der Waals surface area (Å²) < 4.78 is 26.2. The van der Waals surface area contributed by atoms with Crippen LogP contribution in [-0.4, -0.2) is 77.0 Å². The summed E-state index contributed by atoms with van der Waals surface area (Å²) in [6.45, 7) is 9.09. The van der Waals surface area contributed by atoms with Gasteiger partial charge in [0.05, 0.1) is 4.58 Å². The topological polar surface area (TPSA) is 132 Å². The number of esters is 5. The van der Waals surface area contributed by atoms with Crippen molar-refractivity contribution in [1.82, 2.24) is 0 Å². The maximum Gasteiger partial charge on any atom is 0.303 e. The fourth-order valence-electron chi connectivity index (χ4n) is 2.70. The predicted octanol–water partition coefficient (Wildman–Crippen LogP) is 2.11. The Kier molecular flexibility index (Phi) is 14.8. The third-order valence-corrected chi connectivity index (χ3v) is 6.30. The monoisotopic (exact) mass is 496 g/mol. The van der Waals surface area contributed by atoms with Gasteiger partial charge in [0.1, 0.15) is 6.61 Å². The van der Waals surface area contributed by atoms with E-state index < -0.39 is 65.5 Å². The molecule has 0 aliphatic heterocycles. The van der Waals surface area contributed by atoms with Crippen molar-refractivity contribution in [3.63, 3.8) is 0 Å². The highest BCUT2D eigenvalue weighted by Gasteiger charge is 2.46. The molecule has 0 fully saturated rings. The Morgan fingerprint density at radius 2 is 1.00 bits per heavy atom. The van der Waals surface area contributed by atoms with Crippen LogP contribution < -0.4 is 0 Å². The summed E-state index contributed by atoms with van der Waals surface area (Å²) in [4.78, 5) is 58.9. The predicted molar refractivity (Wildman–Crippen MR) is 119 cm³/mol. The second-order valence-electron chi connectivity index (χ2n) is 6.45. The van der Waals surface area contributed by atoms with E-state index in [2.05, 4.69) is 0 Å². The molecule has 0 aromatic rings. The first-order valence-corrected chi connectivity index (χ1v) is 12.1. The van der Waals surface area contributed by atoms with Gasteiger partial charge in [-0.3, -0.25) is 24.0 Å². The third-order valence-electron chi connectivity index (χ3n) is 3.62. The van der Waals surface area contributed by atoms with Gasteiger partial charge in [-0.15, -0.1) is 23.5 Å². The van der Waals surface area contributed by atoms with Gasteiger partial charge in [-0.1, -0.05) is 13.8 Å². The maximum atomic E-state index is 12.0. The second-order valence-corrected chi connectivity index (χ2v) is 9.59. The maximum absolute atomic E-state index is 12.0. The summed E-state index contributed by atoms with van der Waals surface area (Å²) in [5, 5.41) is 0. The molecule has 0 aliphatic rings. The lowest BCUT2D eigenvalue weighted by Crippen LogP contribution is -2.55. The zero-order valence-electron chi connectivity index (χ0n) is 19.4. The molecule has 0 unspecified atom stereocenters. The quantitative estimate of drug-likeness (QED) is 0.198. The summed E-state index contributed by atoms with van der Waals surface area (Å²) in [5.74, 6) is -2.24. The molecule has 0 aliphatic carbocycles. The summed E-state index contributed by atoms with van der Waals surface area (Å²) in [5.41, 5.74) is 0. The van der Waals surface area contributed by atoms with Crippen molar-refractivity contribution >= 4 is 53.4 Å². The lowest BCUT2D eigenvalue weighted by molar-refractivity contribution is -0.201. The SMILES string of the molecule is CCSC(SCC)[C@@H](OC(C)=O)[C@H](OC(C)=O)[C@H](OC(C)=O)[C@@H](COC(C)=O)OC(C)=O. The van der Waals surface area contributed by atoms with E-state index in [1.165, 1.54) is 30.4 Å². The molecule has 32 heavy (non-hydrogen) atoms. The normalized spacial score (nSPS) is 14.5. The van der Waals surface area contributed by atoms with Crippen LogP contribution in [0.2, 0.25) is 0 Å². The first-order chi connectivity index (χ1) is 14.9. The van der Waals surface area contributed by atoms with Crippen molar-refractivity contribution in [1.29, 1.82) is 0 Å². The molecule has 0 aromatic heterocycles. The van der Waals surface area contributed by atoms with Crippen LogP contribution in [0.1, 0.15) is 48.5 Å². The van der Waals surface area contributed by atoms with Crippen LogP contribution in [0.3, 0.4) is 0 Å². The highest BCUT2D eigenvalue weighted by molar-refractivity contribution is 8.17. The van der Waals surface area contributed by atoms with Gasteiger partial charge >= 0.3 is 29.8 Å². The van der Waals surface area contributed by atoms with Gasteiger partial charge in [0.2, 0.25) is 0 Å². The molecule has 0 rings (SSSR count). The second kappa shape index (κ2) is 15.8. The van der Waals surface area contributed by atoms with Crippen molar-refractivity contribution < 1.29 is 47.7 Å². The average Bonchev–Trinajstić information content (AvgIpc) is 2.65. The van der Waals surface area contributed by atoms with Crippen molar-refractivity contribution in [2.24, 2.45) is 0 Å². The molecular weight excluding hydrogens is 464 g/mol. The highest BCUT2D eigenvalue weighted by atomic mass is 32.2. The zero-order valence-corrected chi connectivity index (χ0v) is 21.0. The molecule has 4 atom stereocenters. The van der Waals surface area contributed by atoms with E-state index in [1.54, 1.807) is 0 Å². The first kappa shape index (κ1) is 30.0. The number of thioether (sulfide) groups is 2. The van der Waals surface area contributed by atoms with Crippen molar-refractivity contribution in [2.45, 2.75) is 77.5 Å². The Morgan fingerprint density at radius 3 is 1.38 bits per heavy atom. The Morgan fingerprint density at radius 1 is 0.594 bits per heavy atom. The van der Waals surface area contributed by atoms with Crippen LogP contribution in [0.5, 0.6) is 0 Å². The number of rotatable bonds is 14. The molecular formula is C20H32O10S2. The summed E-state index contributed by atoms with van der Waals surface area (Å²) in [6.07, 6.45) is -5.14.